The molecule has 1 unspecified atom stereocenters. The number of benzene rings is 1. The van der Waals surface area contributed by atoms with Gasteiger partial charge in [0.15, 0.2) is 0 Å². The van der Waals surface area contributed by atoms with E-state index in [1.807, 2.05) is 30.3 Å². The number of nitrogens with zero attached hydrogens (tertiary/aromatic N) is 1. The molecule has 15 heavy (non-hydrogen) atoms. The maximum absolute atomic E-state index is 9.69. The minimum Gasteiger partial charge on any atom is -0.383 e. The molecule has 0 aliphatic carbocycles. The van der Waals surface area contributed by atoms with Crippen LogP contribution in [0.15, 0.2) is 36.4 Å². The van der Waals surface area contributed by atoms with Crippen molar-refractivity contribution in [1.29, 1.82) is 5.26 Å². The van der Waals surface area contributed by atoms with Crippen molar-refractivity contribution in [3.05, 3.63) is 47.5 Å². The number of nitriles is 1. The van der Waals surface area contributed by atoms with Gasteiger partial charge in [0.1, 0.15) is 6.10 Å². The fourth-order valence-electron chi connectivity index (χ4n) is 1.42. The molecule has 0 aliphatic rings. The second kappa shape index (κ2) is 5.33. The summed E-state index contributed by atoms with van der Waals surface area (Å²) in [6.45, 7) is 5.62. The molecule has 0 heterocycles. The second-order valence-electron chi connectivity index (χ2n) is 3.53. The van der Waals surface area contributed by atoms with Crippen LogP contribution in [0.5, 0.6) is 0 Å². The van der Waals surface area contributed by atoms with E-state index in [2.05, 4.69) is 13.5 Å². The third-order valence-corrected chi connectivity index (χ3v) is 2.31. The number of aliphatic hydroxyl groups excluding tert-OH is 1. The summed E-state index contributed by atoms with van der Waals surface area (Å²) in [5.74, 6) is 0. The first kappa shape index (κ1) is 11.5. The summed E-state index contributed by atoms with van der Waals surface area (Å²) in [5, 5.41) is 18.3. The average molecular weight is 201 g/mol. The molecule has 2 nitrogen and oxygen atoms in total. The van der Waals surface area contributed by atoms with E-state index in [1.54, 1.807) is 0 Å². The Labute approximate surface area is 90.5 Å². The van der Waals surface area contributed by atoms with Crippen molar-refractivity contribution in [2.45, 2.75) is 25.9 Å². The predicted molar refractivity (Wildman–Crippen MR) is 60.1 cm³/mol. The smallest absolute Gasteiger partial charge is 0.113 e. The van der Waals surface area contributed by atoms with Crippen molar-refractivity contribution in [3.63, 3.8) is 0 Å². The van der Waals surface area contributed by atoms with Crippen LogP contribution in [0.25, 0.3) is 0 Å². The van der Waals surface area contributed by atoms with Gasteiger partial charge in [0, 0.05) is 0 Å². The molecule has 1 N–H and O–H groups in total. The van der Waals surface area contributed by atoms with E-state index in [4.69, 9.17) is 5.26 Å². The number of hydrogen-bond acceptors (Lipinski definition) is 2. The third kappa shape index (κ3) is 2.93. The highest BCUT2D eigenvalue weighted by atomic mass is 16.3. The molecule has 0 bridgehead atoms. The number of aryl methyl sites for hydroxylation is 1. The Bertz CT molecular complexity index is 373. The lowest BCUT2D eigenvalue weighted by atomic mass is 10.0. The Kier molecular flexibility index (Phi) is 4.08. The van der Waals surface area contributed by atoms with Crippen molar-refractivity contribution in [3.8, 4) is 6.07 Å². The molecule has 2 heteroatoms. The van der Waals surface area contributed by atoms with Crippen LogP contribution in [0.1, 0.15) is 30.6 Å². The van der Waals surface area contributed by atoms with E-state index in [0.29, 0.717) is 0 Å². The Morgan fingerprint density at radius 1 is 1.47 bits per heavy atom. The molecule has 0 fully saturated rings. The Morgan fingerprint density at radius 2 is 2.07 bits per heavy atom. The van der Waals surface area contributed by atoms with Gasteiger partial charge in [0.25, 0.3) is 0 Å². The summed E-state index contributed by atoms with van der Waals surface area (Å²) in [6.07, 6.45) is 1.27. The molecule has 0 saturated heterocycles. The van der Waals surface area contributed by atoms with E-state index in [9.17, 15) is 5.11 Å². The van der Waals surface area contributed by atoms with Crippen LogP contribution in [0.4, 0.5) is 0 Å². The van der Waals surface area contributed by atoms with Crippen molar-refractivity contribution < 1.29 is 5.11 Å². The van der Waals surface area contributed by atoms with Crippen LogP contribution in [0, 0.1) is 11.3 Å². The minimum absolute atomic E-state index is 0.179. The zero-order valence-electron chi connectivity index (χ0n) is 8.90. The molecule has 78 valence electrons. The Balaban J connectivity index is 2.80. The van der Waals surface area contributed by atoms with Crippen LogP contribution < -0.4 is 0 Å². The van der Waals surface area contributed by atoms with Gasteiger partial charge < -0.3 is 5.11 Å². The van der Waals surface area contributed by atoms with Crippen molar-refractivity contribution in [2.75, 3.05) is 0 Å². The zero-order chi connectivity index (χ0) is 11.3. The Morgan fingerprint density at radius 3 is 2.53 bits per heavy atom. The quantitative estimate of drug-likeness (QED) is 0.761. The SMILES string of the molecule is C=C(C#N)C(O)c1ccc(CCC)cc1. The number of rotatable bonds is 4. The van der Waals surface area contributed by atoms with Gasteiger partial charge in [-0.2, -0.15) is 5.26 Å². The molecule has 0 radical (unpaired) electrons. The number of hydrogen-bond donors (Lipinski definition) is 1. The molecule has 0 amide bonds. The van der Waals surface area contributed by atoms with Gasteiger partial charge in [-0.3, -0.25) is 0 Å². The number of aliphatic hydroxyl groups is 1. The Hall–Kier alpha value is -1.59. The minimum atomic E-state index is -0.870. The zero-order valence-corrected chi connectivity index (χ0v) is 8.90. The molecular weight excluding hydrogens is 186 g/mol. The molecule has 1 aromatic rings. The standard InChI is InChI=1S/C13H15NO/c1-3-4-11-5-7-12(8-6-11)13(15)10(2)9-14/h5-8,13,15H,2-4H2,1H3. The molecule has 0 spiro atoms. The first-order valence-corrected chi connectivity index (χ1v) is 5.04. The van der Waals surface area contributed by atoms with E-state index in [0.717, 1.165) is 18.4 Å². The largest absolute Gasteiger partial charge is 0.383 e. The van der Waals surface area contributed by atoms with Crippen LogP contribution in [0.2, 0.25) is 0 Å². The first-order valence-electron chi connectivity index (χ1n) is 5.04. The van der Waals surface area contributed by atoms with E-state index >= 15 is 0 Å². The summed E-state index contributed by atoms with van der Waals surface area (Å²) in [4.78, 5) is 0. The van der Waals surface area contributed by atoms with Gasteiger partial charge in [-0.1, -0.05) is 44.2 Å². The lowest BCUT2D eigenvalue weighted by Crippen LogP contribution is -1.99. The highest BCUT2D eigenvalue weighted by molar-refractivity contribution is 5.33. The lowest BCUT2D eigenvalue weighted by molar-refractivity contribution is 0.221. The molecule has 0 aliphatic heterocycles. The summed E-state index contributed by atoms with van der Waals surface area (Å²) >= 11 is 0. The maximum atomic E-state index is 9.69. The van der Waals surface area contributed by atoms with Crippen LogP contribution >= 0.6 is 0 Å². The average Bonchev–Trinajstić information content (AvgIpc) is 2.28. The predicted octanol–water partition coefficient (Wildman–Crippen LogP) is 2.75. The fraction of sp³-hybridized carbons (Fsp3) is 0.308. The maximum Gasteiger partial charge on any atom is 0.113 e. The molecule has 0 aromatic heterocycles. The fourth-order valence-corrected chi connectivity index (χ4v) is 1.42. The van der Waals surface area contributed by atoms with Crippen molar-refractivity contribution in [1.82, 2.24) is 0 Å². The van der Waals surface area contributed by atoms with Crippen LogP contribution in [0.3, 0.4) is 0 Å². The van der Waals surface area contributed by atoms with Crippen LogP contribution in [-0.2, 0) is 6.42 Å². The van der Waals surface area contributed by atoms with E-state index < -0.39 is 6.10 Å². The highest BCUT2D eigenvalue weighted by Crippen LogP contribution is 2.20. The highest BCUT2D eigenvalue weighted by Gasteiger charge is 2.10. The molecule has 1 atom stereocenters. The summed E-state index contributed by atoms with van der Waals surface area (Å²) in [7, 11) is 0. The van der Waals surface area contributed by atoms with Gasteiger partial charge in [-0.25, -0.2) is 0 Å². The lowest BCUT2D eigenvalue weighted by Gasteiger charge is -2.09. The summed E-state index contributed by atoms with van der Waals surface area (Å²) < 4.78 is 0. The van der Waals surface area contributed by atoms with Gasteiger partial charge in [-0.05, 0) is 17.5 Å². The third-order valence-electron chi connectivity index (χ3n) is 2.31. The first-order chi connectivity index (χ1) is 7.19. The van der Waals surface area contributed by atoms with Gasteiger partial charge in [-0.15, -0.1) is 0 Å². The molecule has 1 aromatic carbocycles. The topological polar surface area (TPSA) is 44.0 Å². The second-order valence-corrected chi connectivity index (χ2v) is 3.53. The summed E-state index contributed by atoms with van der Waals surface area (Å²) in [6, 6.07) is 9.51. The normalized spacial score (nSPS) is 11.8. The molecule has 1 rings (SSSR count). The van der Waals surface area contributed by atoms with E-state index in [1.165, 1.54) is 5.56 Å². The van der Waals surface area contributed by atoms with Crippen LogP contribution in [-0.4, -0.2) is 5.11 Å². The van der Waals surface area contributed by atoms with Crippen molar-refractivity contribution in [2.24, 2.45) is 0 Å². The monoisotopic (exact) mass is 201 g/mol. The van der Waals surface area contributed by atoms with Crippen molar-refractivity contribution >= 4 is 0 Å². The molecule has 0 saturated carbocycles. The van der Waals surface area contributed by atoms with Gasteiger partial charge >= 0.3 is 0 Å². The van der Waals surface area contributed by atoms with E-state index in [-0.39, 0.29) is 5.57 Å². The summed E-state index contributed by atoms with van der Waals surface area (Å²) in [5.41, 5.74) is 2.15. The van der Waals surface area contributed by atoms with Gasteiger partial charge in [0.05, 0.1) is 11.6 Å². The van der Waals surface area contributed by atoms with Gasteiger partial charge in [0.2, 0.25) is 0 Å². The molecular formula is C13H15NO.